The van der Waals surface area contributed by atoms with Crippen LogP contribution in [0.25, 0.3) is 0 Å². The van der Waals surface area contributed by atoms with Gasteiger partial charge in [-0.3, -0.25) is 14.4 Å². The summed E-state index contributed by atoms with van der Waals surface area (Å²) in [4.78, 5) is 48.9. The van der Waals surface area contributed by atoms with E-state index < -0.39 is 41.7 Å². The van der Waals surface area contributed by atoms with Gasteiger partial charge in [-0.05, 0) is 26.0 Å². The lowest BCUT2D eigenvalue weighted by Crippen LogP contribution is -2.51. The van der Waals surface area contributed by atoms with Crippen molar-refractivity contribution in [1.82, 2.24) is 5.32 Å². The first-order valence-corrected chi connectivity index (χ1v) is 8.28. The van der Waals surface area contributed by atoms with Crippen LogP contribution < -0.4 is 5.32 Å². The second kappa shape index (κ2) is 9.70. The Morgan fingerprint density at radius 3 is 1.67 bits per heavy atom. The van der Waals surface area contributed by atoms with Gasteiger partial charge in [-0.15, -0.1) is 0 Å². The molecule has 2 atom stereocenters. The zero-order valence-electron chi connectivity index (χ0n) is 16.3. The van der Waals surface area contributed by atoms with Crippen molar-refractivity contribution in [3.8, 4) is 0 Å². The molecule has 0 aliphatic carbocycles. The summed E-state index contributed by atoms with van der Waals surface area (Å²) in [6, 6.07) is 3.98. The molecule has 0 saturated heterocycles. The molecule has 0 radical (unpaired) electrons. The number of methoxy groups -OCH3 is 3. The molecule has 8 heteroatoms. The highest BCUT2D eigenvalue weighted by Crippen LogP contribution is 2.21. The van der Waals surface area contributed by atoms with Gasteiger partial charge >= 0.3 is 17.9 Å². The van der Waals surface area contributed by atoms with E-state index in [4.69, 9.17) is 4.74 Å². The minimum atomic E-state index is -1.40. The first-order chi connectivity index (χ1) is 12.7. The van der Waals surface area contributed by atoms with E-state index in [2.05, 4.69) is 14.8 Å². The monoisotopic (exact) mass is 379 g/mol. The predicted octanol–water partition coefficient (Wildman–Crippen LogP) is 1.17. The molecular weight excluding hydrogens is 354 g/mol. The molecule has 27 heavy (non-hydrogen) atoms. The van der Waals surface area contributed by atoms with E-state index in [0.717, 1.165) is 32.5 Å². The van der Waals surface area contributed by atoms with E-state index in [-0.39, 0.29) is 0 Å². The summed E-state index contributed by atoms with van der Waals surface area (Å²) in [5.74, 6) is -5.43. The molecule has 1 aromatic carbocycles. The number of rotatable bonds is 7. The van der Waals surface area contributed by atoms with Crippen LogP contribution in [0.15, 0.2) is 18.2 Å². The fraction of sp³-hybridized carbons (Fsp3) is 0.474. The highest BCUT2D eigenvalue weighted by molar-refractivity contribution is 5.99. The van der Waals surface area contributed by atoms with Crippen LogP contribution >= 0.6 is 0 Å². The molecule has 8 nitrogen and oxygen atoms in total. The van der Waals surface area contributed by atoms with Crippen LogP contribution in [0.1, 0.15) is 28.4 Å². The third-order valence-corrected chi connectivity index (χ3v) is 4.19. The largest absolute Gasteiger partial charge is 0.468 e. The van der Waals surface area contributed by atoms with Crippen LogP contribution in [0.4, 0.5) is 0 Å². The average Bonchev–Trinajstić information content (AvgIpc) is 2.63. The van der Waals surface area contributed by atoms with Crippen LogP contribution in [-0.4, -0.2) is 51.2 Å². The number of esters is 3. The van der Waals surface area contributed by atoms with E-state index in [1.54, 1.807) is 12.1 Å². The molecule has 0 unspecified atom stereocenters. The number of ether oxygens (including phenoxy) is 3. The molecule has 0 aliphatic heterocycles. The average molecular weight is 379 g/mol. The maximum absolute atomic E-state index is 12.6. The van der Waals surface area contributed by atoms with E-state index >= 15 is 0 Å². The number of hydrogen-bond donors (Lipinski definition) is 1. The van der Waals surface area contributed by atoms with Crippen LogP contribution in [0.5, 0.6) is 0 Å². The van der Waals surface area contributed by atoms with Gasteiger partial charge in [0.15, 0.2) is 5.92 Å². The van der Waals surface area contributed by atoms with Crippen LogP contribution in [0.3, 0.4) is 0 Å². The van der Waals surface area contributed by atoms with Gasteiger partial charge in [-0.2, -0.15) is 0 Å². The Morgan fingerprint density at radius 2 is 1.26 bits per heavy atom. The highest BCUT2D eigenvalue weighted by atomic mass is 16.5. The van der Waals surface area contributed by atoms with Gasteiger partial charge in [0.05, 0.1) is 21.3 Å². The molecule has 0 spiro atoms. The number of amides is 1. The van der Waals surface area contributed by atoms with Crippen molar-refractivity contribution in [2.45, 2.75) is 26.8 Å². The molecule has 1 N–H and O–H groups in total. The molecule has 1 aromatic rings. The second-order valence-electron chi connectivity index (χ2n) is 6.23. The van der Waals surface area contributed by atoms with Crippen molar-refractivity contribution in [1.29, 1.82) is 0 Å². The number of carbonyl (C=O) groups excluding carboxylic acids is 4. The zero-order chi connectivity index (χ0) is 20.7. The molecule has 1 rings (SSSR count). The lowest BCUT2D eigenvalue weighted by Gasteiger charge is -2.27. The SMILES string of the molecule is COC(=O)C(C(=O)OC)[C@H](C)[C@H](NC(=O)c1cc(C)cc(C)c1)C(=O)OC. The second-order valence-corrected chi connectivity index (χ2v) is 6.23. The third-order valence-electron chi connectivity index (χ3n) is 4.19. The van der Waals surface area contributed by atoms with Crippen LogP contribution in [-0.2, 0) is 28.6 Å². The Hall–Kier alpha value is -2.90. The number of hydrogen-bond acceptors (Lipinski definition) is 7. The van der Waals surface area contributed by atoms with Gasteiger partial charge in [0, 0.05) is 11.5 Å². The van der Waals surface area contributed by atoms with Gasteiger partial charge in [0.1, 0.15) is 6.04 Å². The summed E-state index contributed by atoms with van der Waals surface area (Å²) >= 11 is 0. The maximum atomic E-state index is 12.6. The van der Waals surface area contributed by atoms with E-state index in [1.807, 2.05) is 19.9 Å². The third kappa shape index (κ3) is 5.54. The fourth-order valence-electron chi connectivity index (χ4n) is 2.83. The number of benzene rings is 1. The first-order valence-electron chi connectivity index (χ1n) is 8.28. The van der Waals surface area contributed by atoms with Gasteiger partial charge in [0.25, 0.3) is 5.91 Å². The molecule has 0 heterocycles. The molecule has 148 valence electrons. The van der Waals surface area contributed by atoms with E-state index in [1.165, 1.54) is 6.92 Å². The maximum Gasteiger partial charge on any atom is 0.328 e. The molecule has 0 saturated carbocycles. The quantitative estimate of drug-likeness (QED) is 0.430. The highest BCUT2D eigenvalue weighted by Gasteiger charge is 2.42. The van der Waals surface area contributed by atoms with Crippen molar-refractivity contribution in [2.75, 3.05) is 21.3 Å². The molecular formula is C19H25NO7. The lowest BCUT2D eigenvalue weighted by atomic mass is 9.87. The lowest BCUT2D eigenvalue weighted by molar-refractivity contribution is -0.162. The predicted molar refractivity (Wildman–Crippen MR) is 95.9 cm³/mol. The smallest absolute Gasteiger partial charge is 0.328 e. The molecule has 0 aromatic heterocycles. The Morgan fingerprint density at radius 1 is 0.815 bits per heavy atom. The van der Waals surface area contributed by atoms with Crippen molar-refractivity contribution in [3.63, 3.8) is 0 Å². The summed E-state index contributed by atoms with van der Waals surface area (Å²) in [5.41, 5.74) is 2.11. The van der Waals surface area contributed by atoms with Crippen molar-refractivity contribution in [3.05, 3.63) is 34.9 Å². The molecule has 1 amide bonds. The number of carbonyl (C=O) groups is 4. The first kappa shape index (κ1) is 22.1. The fourth-order valence-corrected chi connectivity index (χ4v) is 2.83. The van der Waals surface area contributed by atoms with Crippen LogP contribution in [0.2, 0.25) is 0 Å². The van der Waals surface area contributed by atoms with E-state index in [0.29, 0.717) is 5.56 Å². The van der Waals surface area contributed by atoms with Gasteiger partial charge in [-0.1, -0.05) is 24.1 Å². The molecule has 0 bridgehead atoms. The number of nitrogens with one attached hydrogen (secondary N) is 1. The van der Waals surface area contributed by atoms with E-state index in [9.17, 15) is 19.2 Å². The molecule has 0 fully saturated rings. The Labute approximate surface area is 158 Å². The Balaban J connectivity index is 3.20. The standard InChI is InChI=1S/C19H25NO7/c1-10-7-11(2)9-13(8-10)16(21)20-15(19(24)27-6)12(3)14(17(22)25-4)18(23)26-5/h7-9,12,14-15H,1-6H3,(H,20,21)/t12-,15-/m0/s1. The minimum absolute atomic E-state index is 0.348. The summed E-state index contributed by atoms with van der Waals surface area (Å²) in [5, 5.41) is 2.55. The van der Waals surface area contributed by atoms with Gasteiger partial charge in [0.2, 0.25) is 0 Å². The zero-order valence-corrected chi connectivity index (χ0v) is 16.3. The Kier molecular flexibility index (Phi) is 7.96. The summed E-state index contributed by atoms with van der Waals surface area (Å²) < 4.78 is 14.0. The molecule has 0 aliphatic rings. The summed E-state index contributed by atoms with van der Waals surface area (Å²) in [6.07, 6.45) is 0. The summed E-state index contributed by atoms with van der Waals surface area (Å²) in [7, 11) is 3.38. The number of aryl methyl sites for hydroxylation is 2. The van der Waals surface area contributed by atoms with Gasteiger partial charge in [-0.25, -0.2) is 4.79 Å². The summed E-state index contributed by atoms with van der Waals surface area (Å²) in [6.45, 7) is 5.14. The van der Waals surface area contributed by atoms with Crippen molar-refractivity contribution >= 4 is 23.8 Å². The van der Waals surface area contributed by atoms with Crippen LogP contribution in [0, 0.1) is 25.7 Å². The topological polar surface area (TPSA) is 108 Å². The normalized spacial score (nSPS) is 12.7. The van der Waals surface area contributed by atoms with Gasteiger partial charge < -0.3 is 19.5 Å². The van der Waals surface area contributed by atoms with Crippen molar-refractivity contribution in [2.24, 2.45) is 11.8 Å². The minimum Gasteiger partial charge on any atom is -0.468 e. The Bertz CT molecular complexity index is 693. The van der Waals surface area contributed by atoms with Crippen molar-refractivity contribution < 1.29 is 33.4 Å².